The number of hydrogen-bond acceptors (Lipinski definition) is 3. The van der Waals surface area contributed by atoms with Crippen LogP contribution in [0.3, 0.4) is 0 Å². The lowest BCUT2D eigenvalue weighted by Crippen LogP contribution is -2.55. The zero-order chi connectivity index (χ0) is 16.9. The molecule has 1 amide bonds. The van der Waals surface area contributed by atoms with Crippen LogP contribution in [0.25, 0.3) is 6.08 Å². The average molecular weight is 317 g/mol. The van der Waals surface area contributed by atoms with E-state index in [0.29, 0.717) is 19.4 Å². The molecule has 5 nitrogen and oxygen atoms in total. The van der Waals surface area contributed by atoms with E-state index in [2.05, 4.69) is 0 Å². The number of carbonyl (C=O) groups is 2. The second-order valence-electron chi connectivity index (χ2n) is 6.01. The molecule has 0 bridgehead atoms. The molecule has 2 N–H and O–H groups in total. The number of aliphatic hydroxyl groups excluding tert-OH is 1. The second kappa shape index (κ2) is 7.42. The molecule has 1 saturated heterocycles. The summed E-state index contributed by atoms with van der Waals surface area (Å²) >= 11 is 0. The van der Waals surface area contributed by atoms with Crippen molar-refractivity contribution in [2.24, 2.45) is 5.41 Å². The van der Waals surface area contributed by atoms with Crippen LogP contribution in [0.5, 0.6) is 0 Å². The van der Waals surface area contributed by atoms with E-state index in [9.17, 15) is 19.8 Å². The molecular weight excluding hydrogens is 294 g/mol. The topological polar surface area (TPSA) is 77.8 Å². The van der Waals surface area contributed by atoms with E-state index in [1.807, 2.05) is 37.3 Å². The molecule has 2 rings (SSSR count). The van der Waals surface area contributed by atoms with Crippen LogP contribution in [0.15, 0.2) is 36.4 Å². The van der Waals surface area contributed by atoms with E-state index in [4.69, 9.17) is 0 Å². The smallest absolute Gasteiger partial charge is 0.312 e. The van der Waals surface area contributed by atoms with E-state index < -0.39 is 17.5 Å². The summed E-state index contributed by atoms with van der Waals surface area (Å²) < 4.78 is 0. The number of aliphatic hydroxyl groups is 1. The number of aliphatic carboxylic acids is 1. The lowest BCUT2D eigenvalue weighted by atomic mass is 9.73. The van der Waals surface area contributed by atoms with E-state index in [1.54, 1.807) is 6.08 Å². The fourth-order valence-electron chi connectivity index (χ4n) is 3.11. The molecule has 0 saturated carbocycles. The molecule has 5 heteroatoms. The van der Waals surface area contributed by atoms with Crippen molar-refractivity contribution in [2.75, 3.05) is 13.1 Å². The Labute approximate surface area is 136 Å². The first-order valence-corrected chi connectivity index (χ1v) is 7.93. The maximum Gasteiger partial charge on any atom is 0.312 e. The van der Waals surface area contributed by atoms with Gasteiger partial charge in [-0.2, -0.15) is 0 Å². The van der Waals surface area contributed by atoms with Gasteiger partial charge in [-0.15, -0.1) is 0 Å². The summed E-state index contributed by atoms with van der Waals surface area (Å²) in [6.07, 6.45) is 3.54. The zero-order valence-corrected chi connectivity index (χ0v) is 13.3. The molecule has 1 fully saturated rings. The van der Waals surface area contributed by atoms with Crippen molar-refractivity contribution >= 4 is 18.0 Å². The molecular formula is C18H23NO4. The Morgan fingerprint density at radius 1 is 1.35 bits per heavy atom. The van der Waals surface area contributed by atoms with E-state index in [-0.39, 0.29) is 18.9 Å². The number of carboxylic acids is 1. The number of hydrogen-bond donors (Lipinski definition) is 2. The third-order valence-corrected chi connectivity index (χ3v) is 4.51. The summed E-state index contributed by atoms with van der Waals surface area (Å²) in [7, 11) is 0. The van der Waals surface area contributed by atoms with Gasteiger partial charge in [-0.05, 0) is 24.5 Å². The van der Waals surface area contributed by atoms with Gasteiger partial charge in [0.1, 0.15) is 0 Å². The van der Waals surface area contributed by atoms with E-state index in [0.717, 1.165) is 5.56 Å². The first-order chi connectivity index (χ1) is 11.0. The summed E-state index contributed by atoms with van der Waals surface area (Å²) in [6, 6.07) is 9.47. The van der Waals surface area contributed by atoms with Crippen LogP contribution in [-0.2, 0) is 9.59 Å². The number of carbonyl (C=O) groups excluding carboxylic acids is 1. The van der Waals surface area contributed by atoms with Gasteiger partial charge in [0, 0.05) is 19.2 Å². The SMILES string of the molecule is CCC[C@]1(C(=O)O)CCN(C(=O)C=Cc2ccccc2)C[C@H]1O. The van der Waals surface area contributed by atoms with Crippen LogP contribution in [0, 0.1) is 5.41 Å². The molecule has 1 aromatic rings. The number of carboxylic acid groups (broad SMARTS) is 1. The summed E-state index contributed by atoms with van der Waals surface area (Å²) in [5.41, 5.74) is -0.210. The van der Waals surface area contributed by atoms with Crippen molar-refractivity contribution in [3.05, 3.63) is 42.0 Å². The molecule has 0 spiro atoms. The lowest BCUT2D eigenvalue weighted by molar-refractivity contribution is -0.166. The average Bonchev–Trinajstić information content (AvgIpc) is 2.55. The minimum atomic E-state index is -1.13. The number of benzene rings is 1. The molecule has 0 aliphatic carbocycles. The minimum Gasteiger partial charge on any atom is -0.481 e. The number of nitrogens with zero attached hydrogens (tertiary/aromatic N) is 1. The predicted octanol–water partition coefficient (Wildman–Crippen LogP) is 2.16. The highest BCUT2D eigenvalue weighted by molar-refractivity contribution is 5.92. The Morgan fingerprint density at radius 2 is 2.04 bits per heavy atom. The molecule has 124 valence electrons. The van der Waals surface area contributed by atoms with Crippen LogP contribution in [-0.4, -0.2) is 46.2 Å². The largest absolute Gasteiger partial charge is 0.481 e. The standard InChI is InChI=1S/C18H23NO4/c1-2-10-18(17(22)23)11-12-19(13-15(18)20)16(21)9-8-14-6-4-3-5-7-14/h3-9,15,20H,2,10-13H2,1H3,(H,22,23)/t15-,18+/m1/s1. The summed E-state index contributed by atoms with van der Waals surface area (Å²) in [5, 5.41) is 19.8. The van der Waals surface area contributed by atoms with Gasteiger partial charge < -0.3 is 15.1 Å². The van der Waals surface area contributed by atoms with Crippen LogP contribution >= 0.6 is 0 Å². The molecule has 0 aromatic heterocycles. The maximum atomic E-state index is 12.2. The number of rotatable bonds is 5. The highest BCUT2D eigenvalue weighted by Crippen LogP contribution is 2.37. The first-order valence-electron chi connectivity index (χ1n) is 7.93. The highest BCUT2D eigenvalue weighted by Gasteiger charge is 2.48. The zero-order valence-electron chi connectivity index (χ0n) is 13.3. The van der Waals surface area contributed by atoms with Crippen LogP contribution < -0.4 is 0 Å². The maximum absolute atomic E-state index is 12.2. The Hall–Kier alpha value is -2.14. The Morgan fingerprint density at radius 3 is 2.61 bits per heavy atom. The van der Waals surface area contributed by atoms with Crippen molar-refractivity contribution in [2.45, 2.75) is 32.3 Å². The molecule has 1 aromatic carbocycles. The molecule has 1 aliphatic rings. The van der Waals surface area contributed by atoms with Crippen LogP contribution in [0.2, 0.25) is 0 Å². The molecule has 23 heavy (non-hydrogen) atoms. The Kier molecular flexibility index (Phi) is 5.55. The molecule has 0 unspecified atom stereocenters. The van der Waals surface area contributed by atoms with Gasteiger partial charge >= 0.3 is 5.97 Å². The number of amides is 1. The normalized spacial score (nSPS) is 24.8. The van der Waals surface area contributed by atoms with Crippen LogP contribution in [0.1, 0.15) is 31.7 Å². The lowest BCUT2D eigenvalue weighted by Gasteiger charge is -2.42. The number of likely N-dealkylation sites (tertiary alicyclic amines) is 1. The Balaban J connectivity index is 2.03. The molecule has 2 atom stereocenters. The Bertz CT molecular complexity index is 584. The van der Waals surface area contributed by atoms with Gasteiger partial charge in [0.15, 0.2) is 0 Å². The minimum absolute atomic E-state index is 0.0598. The van der Waals surface area contributed by atoms with Gasteiger partial charge in [0.25, 0.3) is 0 Å². The van der Waals surface area contributed by atoms with Gasteiger partial charge in [-0.25, -0.2) is 0 Å². The molecule has 1 aliphatic heterocycles. The first kappa shape index (κ1) is 17.2. The third kappa shape index (κ3) is 3.79. The van der Waals surface area contributed by atoms with Gasteiger partial charge in [0.2, 0.25) is 5.91 Å². The van der Waals surface area contributed by atoms with Gasteiger partial charge in [-0.1, -0.05) is 43.7 Å². The van der Waals surface area contributed by atoms with Gasteiger partial charge in [0.05, 0.1) is 11.5 Å². The van der Waals surface area contributed by atoms with Crippen molar-refractivity contribution < 1.29 is 19.8 Å². The summed E-state index contributed by atoms with van der Waals surface area (Å²) in [5.74, 6) is -1.18. The number of piperidine rings is 1. The van der Waals surface area contributed by atoms with Crippen molar-refractivity contribution in [3.8, 4) is 0 Å². The van der Waals surface area contributed by atoms with Gasteiger partial charge in [-0.3, -0.25) is 9.59 Å². The monoisotopic (exact) mass is 317 g/mol. The summed E-state index contributed by atoms with van der Waals surface area (Å²) in [4.78, 5) is 25.3. The van der Waals surface area contributed by atoms with Crippen LogP contribution in [0.4, 0.5) is 0 Å². The van der Waals surface area contributed by atoms with Crippen molar-refractivity contribution in [1.82, 2.24) is 4.90 Å². The summed E-state index contributed by atoms with van der Waals surface area (Å²) in [6.45, 7) is 2.31. The quantitative estimate of drug-likeness (QED) is 0.816. The predicted molar refractivity (Wildman–Crippen MR) is 87.7 cm³/mol. The highest BCUT2D eigenvalue weighted by atomic mass is 16.4. The molecule has 0 radical (unpaired) electrons. The van der Waals surface area contributed by atoms with E-state index in [1.165, 1.54) is 11.0 Å². The van der Waals surface area contributed by atoms with Crippen molar-refractivity contribution in [1.29, 1.82) is 0 Å². The second-order valence-corrected chi connectivity index (χ2v) is 6.01. The third-order valence-electron chi connectivity index (χ3n) is 4.51. The van der Waals surface area contributed by atoms with Crippen molar-refractivity contribution in [3.63, 3.8) is 0 Å². The van der Waals surface area contributed by atoms with E-state index >= 15 is 0 Å². The fourth-order valence-corrected chi connectivity index (χ4v) is 3.11. The molecule has 1 heterocycles. The number of β-amino-alcohol motifs (C(OH)–C–C–N with tert-alkyl or cyclic N) is 1. The fraction of sp³-hybridized carbons (Fsp3) is 0.444.